The van der Waals surface area contributed by atoms with Crippen molar-refractivity contribution in [2.24, 2.45) is 0 Å². The molecular weight excluding hydrogens is 278 g/mol. The molecule has 0 spiro atoms. The second kappa shape index (κ2) is 6.12. The molecule has 0 radical (unpaired) electrons. The maximum Gasteiger partial charge on any atom is 0.335 e. The van der Waals surface area contributed by atoms with E-state index in [1.807, 2.05) is 0 Å². The number of carbonyl (C=O) groups is 4. The van der Waals surface area contributed by atoms with Crippen LogP contribution in [0.15, 0.2) is 18.3 Å². The summed E-state index contributed by atoms with van der Waals surface area (Å²) < 4.78 is 0. The number of pyridine rings is 1. The van der Waals surface area contributed by atoms with E-state index < -0.39 is 11.9 Å². The highest BCUT2D eigenvalue weighted by atomic mass is 16.4. The van der Waals surface area contributed by atoms with Crippen molar-refractivity contribution in [1.29, 1.82) is 0 Å². The third-order valence-electron chi connectivity index (χ3n) is 2.99. The van der Waals surface area contributed by atoms with Crippen LogP contribution in [0.25, 0.3) is 0 Å². The van der Waals surface area contributed by atoms with E-state index >= 15 is 0 Å². The SMILES string of the molecule is O=C(CCN1C(=O)CCC1=O)Nc1cc(C(=O)O)ccn1. The predicted octanol–water partition coefficient (Wildman–Crippen LogP) is 0.257. The summed E-state index contributed by atoms with van der Waals surface area (Å²) in [7, 11) is 0. The average molecular weight is 291 g/mol. The van der Waals surface area contributed by atoms with E-state index in [-0.39, 0.29) is 49.0 Å². The maximum atomic E-state index is 11.7. The summed E-state index contributed by atoms with van der Waals surface area (Å²) in [6.45, 7) is 0.0160. The number of hydrogen-bond acceptors (Lipinski definition) is 5. The molecule has 1 aromatic rings. The first-order valence-corrected chi connectivity index (χ1v) is 6.30. The first-order valence-electron chi connectivity index (χ1n) is 6.30. The Hall–Kier alpha value is -2.77. The summed E-state index contributed by atoms with van der Waals surface area (Å²) in [4.78, 5) is 50.1. The lowest BCUT2D eigenvalue weighted by Gasteiger charge is -2.13. The number of nitrogens with zero attached hydrogens (tertiary/aromatic N) is 2. The number of imide groups is 1. The van der Waals surface area contributed by atoms with Crippen molar-refractivity contribution in [3.63, 3.8) is 0 Å². The van der Waals surface area contributed by atoms with Gasteiger partial charge in [-0.25, -0.2) is 9.78 Å². The first kappa shape index (κ1) is 14.6. The molecule has 0 atom stereocenters. The highest BCUT2D eigenvalue weighted by molar-refractivity contribution is 6.02. The Kier molecular flexibility index (Phi) is 4.27. The Bertz CT molecular complexity index is 598. The van der Waals surface area contributed by atoms with Gasteiger partial charge < -0.3 is 10.4 Å². The number of aromatic carboxylic acids is 1. The van der Waals surface area contributed by atoms with E-state index in [0.717, 1.165) is 4.90 Å². The maximum absolute atomic E-state index is 11.7. The Labute approximate surface area is 119 Å². The normalized spacial score (nSPS) is 14.4. The van der Waals surface area contributed by atoms with Crippen molar-refractivity contribution in [1.82, 2.24) is 9.88 Å². The summed E-state index contributed by atoms with van der Waals surface area (Å²) in [5.74, 6) is -2.02. The van der Waals surface area contributed by atoms with Gasteiger partial charge in [0.1, 0.15) is 5.82 Å². The molecule has 0 aromatic carbocycles. The quantitative estimate of drug-likeness (QED) is 0.751. The lowest BCUT2D eigenvalue weighted by Crippen LogP contribution is -2.32. The van der Waals surface area contributed by atoms with Crippen molar-refractivity contribution in [3.8, 4) is 0 Å². The van der Waals surface area contributed by atoms with Crippen LogP contribution in [0.4, 0.5) is 5.82 Å². The van der Waals surface area contributed by atoms with Crippen LogP contribution in [0, 0.1) is 0 Å². The minimum Gasteiger partial charge on any atom is -0.478 e. The number of amides is 3. The van der Waals surface area contributed by atoms with Gasteiger partial charge in [-0.1, -0.05) is 0 Å². The molecule has 0 unspecified atom stereocenters. The van der Waals surface area contributed by atoms with Crippen molar-refractivity contribution < 1.29 is 24.3 Å². The van der Waals surface area contributed by atoms with E-state index in [9.17, 15) is 19.2 Å². The van der Waals surface area contributed by atoms with E-state index in [2.05, 4.69) is 10.3 Å². The molecule has 8 nitrogen and oxygen atoms in total. The van der Waals surface area contributed by atoms with Crippen LogP contribution >= 0.6 is 0 Å². The van der Waals surface area contributed by atoms with E-state index in [1.54, 1.807) is 0 Å². The molecule has 1 fully saturated rings. The summed E-state index contributed by atoms with van der Waals surface area (Å²) in [6, 6.07) is 2.53. The van der Waals surface area contributed by atoms with E-state index in [4.69, 9.17) is 5.11 Å². The summed E-state index contributed by atoms with van der Waals surface area (Å²) in [5, 5.41) is 11.3. The third kappa shape index (κ3) is 3.62. The molecule has 2 rings (SSSR count). The molecule has 3 amide bonds. The molecule has 1 aliphatic heterocycles. The van der Waals surface area contributed by atoms with Crippen molar-refractivity contribution >= 4 is 29.5 Å². The fraction of sp³-hybridized carbons (Fsp3) is 0.308. The second-order valence-electron chi connectivity index (χ2n) is 4.47. The van der Waals surface area contributed by atoms with Crippen LogP contribution in [-0.2, 0) is 14.4 Å². The van der Waals surface area contributed by atoms with Gasteiger partial charge in [-0.3, -0.25) is 19.3 Å². The zero-order valence-electron chi connectivity index (χ0n) is 11.0. The highest BCUT2D eigenvalue weighted by Gasteiger charge is 2.28. The van der Waals surface area contributed by atoms with Crippen molar-refractivity contribution in [2.45, 2.75) is 19.3 Å². The molecule has 0 aliphatic carbocycles. The zero-order chi connectivity index (χ0) is 15.4. The number of hydrogen-bond donors (Lipinski definition) is 2. The molecule has 0 saturated carbocycles. The summed E-state index contributed by atoms with van der Waals surface area (Å²) in [6.07, 6.45) is 1.58. The van der Waals surface area contributed by atoms with Crippen LogP contribution < -0.4 is 5.32 Å². The largest absolute Gasteiger partial charge is 0.478 e. The first-order chi connectivity index (χ1) is 9.97. The average Bonchev–Trinajstić information content (AvgIpc) is 2.76. The summed E-state index contributed by atoms with van der Waals surface area (Å²) >= 11 is 0. The van der Waals surface area contributed by atoms with Crippen molar-refractivity contribution in [2.75, 3.05) is 11.9 Å². The fourth-order valence-corrected chi connectivity index (χ4v) is 1.92. The Morgan fingerprint density at radius 3 is 2.57 bits per heavy atom. The van der Waals surface area contributed by atoms with Gasteiger partial charge in [0, 0.05) is 32.0 Å². The lowest BCUT2D eigenvalue weighted by atomic mass is 10.2. The molecule has 8 heteroatoms. The third-order valence-corrected chi connectivity index (χ3v) is 2.99. The predicted molar refractivity (Wildman–Crippen MR) is 70.4 cm³/mol. The molecule has 1 aliphatic rings. The van der Waals surface area contributed by atoms with E-state index in [0.29, 0.717) is 0 Å². The number of anilines is 1. The Morgan fingerprint density at radius 2 is 1.95 bits per heavy atom. The van der Waals surface area contributed by atoms with Gasteiger partial charge in [-0.05, 0) is 12.1 Å². The zero-order valence-corrected chi connectivity index (χ0v) is 11.0. The highest BCUT2D eigenvalue weighted by Crippen LogP contribution is 2.12. The Balaban J connectivity index is 1.90. The molecule has 2 N–H and O–H groups in total. The smallest absolute Gasteiger partial charge is 0.335 e. The topological polar surface area (TPSA) is 117 Å². The molecule has 1 saturated heterocycles. The van der Waals surface area contributed by atoms with Gasteiger partial charge in [0.05, 0.1) is 5.56 Å². The van der Waals surface area contributed by atoms with Crippen LogP contribution in [-0.4, -0.2) is 45.2 Å². The number of carbonyl (C=O) groups excluding carboxylic acids is 3. The van der Waals surface area contributed by atoms with Crippen LogP contribution in [0.2, 0.25) is 0 Å². The minimum absolute atomic E-state index is 0.00481. The van der Waals surface area contributed by atoms with Gasteiger partial charge in [0.15, 0.2) is 0 Å². The fourth-order valence-electron chi connectivity index (χ4n) is 1.92. The van der Waals surface area contributed by atoms with E-state index in [1.165, 1.54) is 18.3 Å². The monoisotopic (exact) mass is 291 g/mol. The van der Waals surface area contributed by atoms with Crippen molar-refractivity contribution in [3.05, 3.63) is 23.9 Å². The number of likely N-dealkylation sites (tertiary alicyclic amines) is 1. The lowest BCUT2D eigenvalue weighted by molar-refractivity contribution is -0.138. The van der Waals surface area contributed by atoms with Crippen LogP contribution in [0.5, 0.6) is 0 Å². The van der Waals surface area contributed by atoms with Gasteiger partial charge in [-0.15, -0.1) is 0 Å². The molecule has 0 bridgehead atoms. The minimum atomic E-state index is -1.12. The summed E-state index contributed by atoms with van der Waals surface area (Å²) in [5.41, 5.74) is 0.00481. The molecule has 21 heavy (non-hydrogen) atoms. The number of carboxylic acid groups (broad SMARTS) is 1. The van der Waals surface area contributed by atoms with Gasteiger partial charge in [0.25, 0.3) is 0 Å². The second-order valence-corrected chi connectivity index (χ2v) is 4.47. The Morgan fingerprint density at radius 1 is 1.29 bits per heavy atom. The van der Waals surface area contributed by atoms with Gasteiger partial charge in [-0.2, -0.15) is 0 Å². The molecular formula is C13H13N3O5. The standard InChI is InChI=1S/C13H13N3O5/c17-10(4-6-16-11(18)1-2-12(16)19)15-9-7-8(13(20)21)3-5-14-9/h3,5,7H,1-2,4,6H2,(H,20,21)(H,14,15,17). The number of rotatable bonds is 5. The number of nitrogens with one attached hydrogen (secondary N) is 1. The molecule has 2 heterocycles. The molecule has 1 aromatic heterocycles. The number of carboxylic acids is 1. The number of aromatic nitrogens is 1. The van der Waals surface area contributed by atoms with Gasteiger partial charge in [0.2, 0.25) is 17.7 Å². The molecule has 110 valence electrons. The van der Waals surface area contributed by atoms with Gasteiger partial charge >= 0.3 is 5.97 Å². The van der Waals surface area contributed by atoms with Crippen LogP contribution in [0.3, 0.4) is 0 Å². The van der Waals surface area contributed by atoms with Crippen LogP contribution in [0.1, 0.15) is 29.6 Å².